The minimum absolute atomic E-state index is 0.0696. The molecule has 1 amide bonds. The first-order valence-electron chi connectivity index (χ1n) is 8.53. The summed E-state index contributed by atoms with van der Waals surface area (Å²) in [5, 5.41) is 2.95. The van der Waals surface area contributed by atoms with E-state index in [4.69, 9.17) is 4.74 Å². The molecule has 1 N–H and O–H groups in total. The highest BCUT2D eigenvalue weighted by Gasteiger charge is 2.15. The number of aryl methyl sites for hydroxylation is 4. The van der Waals surface area contributed by atoms with Gasteiger partial charge < -0.3 is 10.1 Å². The van der Waals surface area contributed by atoms with Gasteiger partial charge in [0.25, 0.3) is 5.91 Å². The fourth-order valence-electron chi connectivity index (χ4n) is 2.48. The molecule has 0 fully saturated rings. The van der Waals surface area contributed by atoms with Gasteiger partial charge in [0.05, 0.1) is 0 Å². The van der Waals surface area contributed by atoms with Crippen molar-refractivity contribution in [3.63, 3.8) is 0 Å². The molecule has 0 aliphatic rings. The number of hydrogen-bond acceptors (Lipinski definition) is 2. The van der Waals surface area contributed by atoms with E-state index in [1.807, 2.05) is 32.0 Å². The molecule has 128 valence electrons. The lowest BCUT2D eigenvalue weighted by molar-refractivity contribution is -0.127. The number of hydrogen-bond donors (Lipinski definition) is 1. The summed E-state index contributed by atoms with van der Waals surface area (Å²) >= 11 is 0. The van der Waals surface area contributed by atoms with Crippen LogP contribution in [0.5, 0.6) is 5.75 Å². The van der Waals surface area contributed by atoms with Crippen LogP contribution in [-0.4, -0.2) is 18.6 Å². The van der Waals surface area contributed by atoms with Gasteiger partial charge in [0, 0.05) is 6.54 Å². The van der Waals surface area contributed by atoms with Crippen molar-refractivity contribution in [2.45, 2.75) is 46.6 Å². The number of rotatable bonds is 7. The third kappa shape index (κ3) is 5.41. The molecule has 0 saturated carbocycles. The summed E-state index contributed by atoms with van der Waals surface area (Å²) in [6, 6.07) is 14.5. The number of benzene rings is 2. The van der Waals surface area contributed by atoms with E-state index in [0.717, 1.165) is 29.7 Å². The van der Waals surface area contributed by atoms with Crippen LogP contribution in [0.1, 0.15) is 35.6 Å². The minimum atomic E-state index is -0.495. The molecule has 0 aromatic heterocycles. The summed E-state index contributed by atoms with van der Waals surface area (Å²) in [6.07, 6.45) is 1.39. The Bertz CT molecular complexity index is 677. The van der Waals surface area contributed by atoms with E-state index in [1.54, 1.807) is 6.92 Å². The molecule has 0 aliphatic heterocycles. The second kappa shape index (κ2) is 8.53. The summed E-state index contributed by atoms with van der Waals surface area (Å²) in [4.78, 5) is 12.2. The topological polar surface area (TPSA) is 38.3 Å². The largest absolute Gasteiger partial charge is 0.481 e. The van der Waals surface area contributed by atoms with Crippen molar-refractivity contribution in [3.8, 4) is 5.75 Å². The van der Waals surface area contributed by atoms with Crippen LogP contribution in [0.3, 0.4) is 0 Å². The number of nitrogens with one attached hydrogen (secondary N) is 1. The molecule has 0 radical (unpaired) electrons. The quantitative estimate of drug-likeness (QED) is 0.777. The highest BCUT2D eigenvalue weighted by atomic mass is 16.5. The lowest BCUT2D eigenvalue weighted by Gasteiger charge is -2.16. The Balaban J connectivity index is 1.75. The van der Waals surface area contributed by atoms with Gasteiger partial charge in [-0.2, -0.15) is 0 Å². The highest BCUT2D eigenvalue weighted by molar-refractivity contribution is 5.80. The molecule has 0 heterocycles. The van der Waals surface area contributed by atoms with Gasteiger partial charge in [-0.3, -0.25) is 4.79 Å². The van der Waals surface area contributed by atoms with Crippen molar-refractivity contribution in [3.05, 3.63) is 64.7 Å². The zero-order chi connectivity index (χ0) is 17.5. The van der Waals surface area contributed by atoms with Gasteiger partial charge in [0.15, 0.2) is 6.10 Å². The average molecular weight is 325 g/mol. The molecule has 3 heteroatoms. The van der Waals surface area contributed by atoms with Crippen molar-refractivity contribution in [2.75, 3.05) is 6.54 Å². The molecular formula is C21H27NO2. The second-order valence-corrected chi connectivity index (χ2v) is 6.41. The van der Waals surface area contributed by atoms with E-state index in [-0.39, 0.29) is 5.91 Å². The van der Waals surface area contributed by atoms with Crippen LogP contribution in [0, 0.1) is 20.8 Å². The molecule has 0 aliphatic carbocycles. The molecule has 24 heavy (non-hydrogen) atoms. The van der Waals surface area contributed by atoms with Gasteiger partial charge >= 0.3 is 0 Å². The lowest BCUT2D eigenvalue weighted by Crippen LogP contribution is -2.37. The smallest absolute Gasteiger partial charge is 0.260 e. The third-order valence-electron chi connectivity index (χ3n) is 4.08. The van der Waals surface area contributed by atoms with Crippen molar-refractivity contribution in [1.82, 2.24) is 5.32 Å². The average Bonchev–Trinajstić information content (AvgIpc) is 2.56. The summed E-state index contributed by atoms with van der Waals surface area (Å²) in [6.45, 7) is 8.54. The Kier molecular flexibility index (Phi) is 6.42. The first-order valence-corrected chi connectivity index (χ1v) is 8.53. The Morgan fingerprint density at radius 1 is 1.04 bits per heavy atom. The number of carbonyl (C=O) groups excluding carboxylic acids is 1. The predicted molar refractivity (Wildman–Crippen MR) is 98.5 cm³/mol. The minimum Gasteiger partial charge on any atom is -0.481 e. The zero-order valence-electron chi connectivity index (χ0n) is 15.1. The van der Waals surface area contributed by atoms with Crippen LogP contribution >= 0.6 is 0 Å². The molecule has 1 atom stereocenters. The van der Waals surface area contributed by atoms with Crippen LogP contribution in [0.15, 0.2) is 42.5 Å². The normalized spacial score (nSPS) is 11.8. The van der Waals surface area contributed by atoms with E-state index < -0.39 is 6.10 Å². The van der Waals surface area contributed by atoms with Crippen molar-refractivity contribution in [1.29, 1.82) is 0 Å². The van der Waals surface area contributed by atoms with Gasteiger partial charge in [0.2, 0.25) is 0 Å². The van der Waals surface area contributed by atoms with Crippen LogP contribution in [0.25, 0.3) is 0 Å². The molecule has 2 aromatic rings. The first kappa shape index (κ1) is 18.1. The fraction of sp³-hybridized carbons (Fsp3) is 0.381. The van der Waals surface area contributed by atoms with E-state index in [0.29, 0.717) is 6.54 Å². The summed E-state index contributed by atoms with van der Waals surface area (Å²) in [5.74, 6) is 0.706. The van der Waals surface area contributed by atoms with Crippen molar-refractivity contribution in [2.24, 2.45) is 0 Å². The van der Waals surface area contributed by atoms with Gasteiger partial charge in [0.1, 0.15) is 5.75 Å². The summed E-state index contributed by atoms with van der Waals surface area (Å²) < 4.78 is 5.80. The van der Waals surface area contributed by atoms with Crippen LogP contribution in [0.2, 0.25) is 0 Å². The maximum Gasteiger partial charge on any atom is 0.260 e. The molecule has 2 rings (SSSR count). The van der Waals surface area contributed by atoms with Crippen LogP contribution in [-0.2, 0) is 11.2 Å². The number of carbonyl (C=O) groups is 1. The van der Waals surface area contributed by atoms with E-state index >= 15 is 0 Å². The first-order chi connectivity index (χ1) is 11.5. The van der Waals surface area contributed by atoms with E-state index in [2.05, 4.69) is 36.5 Å². The number of ether oxygens (including phenoxy) is 1. The Labute approximate surface area is 145 Å². The molecule has 3 nitrogen and oxygen atoms in total. The van der Waals surface area contributed by atoms with Gasteiger partial charge in [-0.25, -0.2) is 0 Å². The zero-order valence-corrected chi connectivity index (χ0v) is 15.1. The standard InChI is InChI=1S/C21H27NO2/c1-15-8-11-19(12-9-15)6-5-13-22-21(23)18(4)24-20-14-16(2)7-10-17(20)3/h7-12,14,18H,5-6,13H2,1-4H3,(H,22,23)/t18-/m0/s1. The summed E-state index contributed by atoms with van der Waals surface area (Å²) in [7, 11) is 0. The van der Waals surface area contributed by atoms with E-state index in [1.165, 1.54) is 11.1 Å². The molecule has 0 unspecified atom stereocenters. The number of amides is 1. The second-order valence-electron chi connectivity index (χ2n) is 6.41. The van der Waals surface area contributed by atoms with E-state index in [9.17, 15) is 4.79 Å². The van der Waals surface area contributed by atoms with Gasteiger partial charge in [-0.15, -0.1) is 0 Å². The lowest BCUT2D eigenvalue weighted by atomic mass is 10.1. The third-order valence-corrected chi connectivity index (χ3v) is 4.08. The van der Waals surface area contributed by atoms with Crippen molar-refractivity contribution >= 4 is 5.91 Å². The Hall–Kier alpha value is -2.29. The SMILES string of the molecule is Cc1ccc(CCCNC(=O)[C@H](C)Oc2cc(C)ccc2C)cc1. The van der Waals surface area contributed by atoms with Crippen LogP contribution in [0.4, 0.5) is 0 Å². The fourth-order valence-corrected chi connectivity index (χ4v) is 2.48. The Morgan fingerprint density at radius 2 is 1.71 bits per heavy atom. The van der Waals surface area contributed by atoms with Gasteiger partial charge in [-0.05, 0) is 63.3 Å². The monoisotopic (exact) mass is 325 g/mol. The molecule has 2 aromatic carbocycles. The van der Waals surface area contributed by atoms with Crippen molar-refractivity contribution < 1.29 is 9.53 Å². The highest BCUT2D eigenvalue weighted by Crippen LogP contribution is 2.20. The molecule has 0 bridgehead atoms. The predicted octanol–water partition coefficient (Wildman–Crippen LogP) is 4.13. The maximum absolute atomic E-state index is 12.2. The Morgan fingerprint density at radius 3 is 2.42 bits per heavy atom. The molecule has 0 saturated heterocycles. The van der Waals surface area contributed by atoms with Crippen LogP contribution < -0.4 is 10.1 Å². The molecular weight excluding hydrogens is 298 g/mol. The summed E-state index contributed by atoms with van der Waals surface area (Å²) in [5.41, 5.74) is 4.74. The molecule has 0 spiro atoms. The van der Waals surface area contributed by atoms with Gasteiger partial charge in [-0.1, -0.05) is 42.0 Å². The maximum atomic E-state index is 12.2.